The summed E-state index contributed by atoms with van der Waals surface area (Å²) in [4.78, 5) is 0. The van der Waals surface area contributed by atoms with Gasteiger partial charge >= 0.3 is 0 Å². The van der Waals surface area contributed by atoms with Gasteiger partial charge in [0.2, 0.25) is 0 Å². The number of hydrazone groups is 1. The lowest BCUT2D eigenvalue weighted by molar-refractivity contribution is -0.140. The van der Waals surface area contributed by atoms with Crippen molar-refractivity contribution in [1.29, 1.82) is 0 Å². The molecule has 2 aliphatic heterocycles. The topological polar surface area (TPSA) is 24.8 Å². The highest BCUT2D eigenvalue weighted by atomic mass is 79.9. The van der Waals surface area contributed by atoms with Gasteiger partial charge in [-0.1, -0.05) is 50.4 Å². The predicted molar refractivity (Wildman–Crippen MR) is 118 cm³/mol. The molecule has 0 bridgehead atoms. The molecule has 0 aromatic heterocycles. The van der Waals surface area contributed by atoms with Crippen LogP contribution in [-0.4, -0.2) is 16.4 Å². The number of benzene rings is 2. The van der Waals surface area contributed by atoms with Crippen LogP contribution in [-0.2, 0) is 0 Å². The van der Waals surface area contributed by atoms with Crippen LogP contribution in [0, 0.1) is 0 Å². The number of fused-ring (bicyclic) bond motifs is 4. The van der Waals surface area contributed by atoms with E-state index in [-0.39, 0.29) is 11.8 Å². The highest BCUT2D eigenvalue weighted by Gasteiger charge is 2.51. The Bertz CT molecular complexity index is 920. The molecule has 3 aliphatic rings. The van der Waals surface area contributed by atoms with Gasteiger partial charge < -0.3 is 4.74 Å². The number of hydrogen-bond acceptors (Lipinski definition) is 3. The highest BCUT2D eigenvalue weighted by Crippen LogP contribution is 2.53. The summed E-state index contributed by atoms with van der Waals surface area (Å²) in [6, 6.07) is 13.0. The van der Waals surface area contributed by atoms with Crippen LogP contribution >= 0.6 is 47.8 Å². The maximum Gasteiger partial charge on any atom is 0.198 e. The number of rotatable bonds is 1. The van der Waals surface area contributed by atoms with Crippen LogP contribution in [0.5, 0.6) is 5.75 Å². The molecule has 0 unspecified atom stereocenters. The van der Waals surface area contributed by atoms with Gasteiger partial charge in [0.1, 0.15) is 5.75 Å². The Hall–Kier alpha value is -0.850. The van der Waals surface area contributed by atoms with E-state index in [0.29, 0.717) is 0 Å². The highest BCUT2D eigenvalue weighted by molar-refractivity contribution is 9.11. The number of hydrogen-bond donors (Lipinski definition) is 0. The van der Waals surface area contributed by atoms with Crippen LogP contribution in [0.3, 0.4) is 0 Å². The average Bonchev–Trinajstić information content (AvgIpc) is 3.11. The zero-order valence-electron chi connectivity index (χ0n) is 14.7. The molecule has 0 N–H and O–H groups in total. The molecule has 1 aliphatic carbocycles. The van der Waals surface area contributed by atoms with Crippen molar-refractivity contribution in [3.8, 4) is 5.75 Å². The molecule has 3 nitrogen and oxygen atoms in total. The molecule has 0 amide bonds. The monoisotopic (exact) mass is 552 g/mol. The molecule has 0 radical (unpaired) electrons. The predicted octanol–water partition coefficient (Wildman–Crippen LogP) is 7.18. The maximum atomic E-state index is 6.71. The standard InChI is InChI=1S/C21H19Br3N2O/c22-14-6-4-13(5-7-14)18-12-19-16-10-15(23)11-17(24)20(16)27-21(26(19)25-18)8-2-1-3-9-21/h4-7,10-11,19H,1-3,8-9,12H2/t19-/m1/s1. The fourth-order valence-electron chi connectivity index (χ4n) is 4.55. The summed E-state index contributed by atoms with van der Waals surface area (Å²) >= 11 is 10.9. The Morgan fingerprint density at radius 2 is 1.70 bits per heavy atom. The molecular weight excluding hydrogens is 536 g/mol. The summed E-state index contributed by atoms with van der Waals surface area (Å²) in [6.45, 7) is 0. The van der Waals surface area contributed by atoms with Crippen LogP contribution < -0.4 is 4.74 Å². The van der Waals surface area contributed by atoms with E-state index in [0.717, 1.165) is 44.1 Å². The zero-order valence-corrected chi connectivity index (χ0v) is 19.5. The first kappa shape index (κ1) is 18.2. The minimum absolute atomic E-state index is 0.222. The third-order valence-corrected chi connectivity index (χ3v) is 7.40. The lowest BCUT2D eigenvalue weighted by Gasteiger charge is -2.49. The van der Waals surface area contributed by atoms with Gasteiger partial charge in [0.25, 0.3) is 0 Å². The van der Waals surface area contributed by atoms with Gasteiger partial charge in [-0.25, -0.2) is 5.01 Å². The van der Waals surface area contributed by atoms with Crippen molar-refractivity contribution in [2.75, 3.05) is 0 Å². The molecule has 2 aromatic carbocycles. The van der Waals surface area contributed by atoms with Gasteiger partial charge in [0, 0.05) is 33.8 Å². The smallest absolute Gasteiger partial charge is 0.198 e. The summed E-state index contributed by atoms with van der Waals surface area (Å²) in [7, 11) is 0. The van der Waals surface area contributed by atoms with Crippen molar-refractivity contribution in [3.63, 3.8) is 0 Å². The fraction of sp³-hybridized carbons (Fsp3) is 0.381. The second kappa shape index (κ2) is 6.89. The molecule has 5 rings (SSSR count). The largest absolute Gasteiger partial charge is 0.465 e. The lowest BCUT2D eigenvalue weighted by atomic mass is 9.86. The molecule has 27 heavy (non-hydrogen) atoms. The Morgan fingerprint density at radius 1 is 0.963 bits per heavy atom. The maximum absolute atomic E-state index is 6.71. The first-order chi connectivity index (χ1) is 13.1. The van der Waals surface area contributed by atoms with Gasteiger partial charge in [-0.2, -0.15) is 5.10 Å². The van der Waals surface area contributed by atoms with Crippen LogP contribution in [0.2, 0.25) is 0 Å². The van der Waals surface area contributed by atoms with Crippen molar-refractivity contribution in [2.45, 2.75) is 50.3 Å². The Balaban J connectivity index is 1.62. The van der Waals surface area contributed by atoms with E-state index in [9.17, 15) is 0 Å². The Kier molecular flexibility index (Phi) is 4.64. The molecule has 1 atom stereocenters. The van der Waals surface area contributed by atoms with E-state index in [1.54, 1.807) is 0 Å². The van der Waals surface area contributed by atoms with Crippen molar-refractivity contribution < 1.29 is 4.74 Å². The number of ether oxygens (including phenoxy) is 1. The SMILES string of the molecule is Brc1ccc(C2=NN3[C@H](C2)c2cc(Br)cc(Br)c2OC32CCCCC2)cc1. The fourth-order valence-corrected chi connectivity index (χ4v) is 6.16. The minimum atomic E-state index is -0.316. The summed E-state index contributed by atoms with van der Waals surface area (Å²) in [5.41, 5.74) is 3.23. The van der Waals surface area contributed by atoms with Gasteiger partial charge in [0.15, 0.2) is 5.72 Å². The summed E-state index contributed by atoms with van der Waals surface area (Å²) in [5.74, 6) is 0.994. The van der Waals surface area contributed by atoms with Crippen molar-refractivity contribution >= 4 is 53.5 Å². The second-order valence-electron chi connectivity index (χ2n) is 7.53. The average molecular weight is 555 g/mol. The van der Waals surface area contributed by atoms with Crippen molar-refractivity contribution in [3.05, 3.63) is 60.9 Å². The third kappa shape index (κ3) is 3.08. The Labute approximate surface area is 184 Å². The van der Waals surface area contributed by atoms with Gasteiger partial charge in [-0.15, -0.1) is 0 Å². The number of halogens is 3. The molecule has 140 valence electrons. The molecule has 1 saturated carbocycles. The van der Waals surface area contributed by atoms with E-state index >= 15 is 0 Å². The van der Waals surface area contributed by atoms with E-state index in [4.69, 9.17) is 9.84 Å². The van der Waals surface area contributed by atoms with Crippen molar-refractivity contribution in [2.24, 2.45) is 5.10 Å². The van der Waals surface area contributed by atoms with E-state index in [1.165, 1.54) is 30.4 Å². The zero-order chi connectivity index (χ0) is 18.6. The first-order valence-electron chi connectivity index (χ1n) is 9.36. The van der Waals surface area contributed by atoms with E-state index in [2.05, 4.69) is 89.2 Å². The van der Waals surface area contributed by atoms with Crippen LogP contribution in [0.15, 0.2) is 54.9 Å². The third-order valence-electron chi connectivity index (χ3n) is 5.83. The normalized spacial score (nSPS) is 22.9. The second-order valence-corrected chi connectivity index (χ2v) is 10.2. The van der Waals surface area contributed by atoms with E-state index in [1.807, 2.05) is 0 Å². The lowest BCUT2D eigenvalue weighted by Crippen LogP contribution is -2.54. The molecule has 6 heteroatoms. The molecule has 0 saturated heterocycles. The summed E-state index contributed by atoms with van der Waals surface area (Å²) in [5, 5.41) is 7.41. The molecule has 2 aromatic rings. The van der Waals surface area contributed by atoms with Gasteiger partial charge in [0.05, 0.1) is 16.2 Å². The summed E-state index contributed by atoms with van der Waals surface area (Å²) < 4.78 is 9.88. The van der Waals surface area contributed by atoms with Crippen LogP contribution in [0.1, 0.15) is 55.7 Å². The van der Waals surface area contributed by atoms with E-state index < -0.39 is 0 Å². The molecule has 1 fully saturated rings. The minimum Gasteiger partial charge on any atom is -0.465 e. The van der Waals surface area contributed by atoms with Crippen LogP contribution in [0.25, 0.3) is 0 Å². The molecule has 2 heterocycles. The van der Waals surface area contributed by atoms with Crippen LogP contribution in [0.4, 0.5) is 0 Å². The molecule has 1 spiro atoms. The quantitative estimate of drug-likeness (QED) is 0.373. The molecular formula is C21H19Br3N2O. The Morgan fingerprint density at radius 3 is 2.44 bits per heavy atom. The summed E-state index contributed by atoms with van der Waals surface area (Å²) in [6.07, 6.45) is 6.63. The van der Waals surface area contributed by atoms with Gasteiger partial charge in [-0.05, 0) is 58.6 Å². The first-order valence-corrected chi connectivity index (χ1v) is 11.7. The van der Waals surface area contributed by atoms with Crippen molar-refractivity contribution in [1.82, 2.24) is 5.01 Å². The number of nitrogens with zero attached hydrogens (tertiary/aromatic N) is 2. The van der Waals surface area contributed by atoms with Gasteiger partial charge in [-0.3, -0.25) is 0 Å².